The monoisotopic (exact) mass is 554 g/mol. The molecule has 1 aliphatic heterocycles. The third kappa shape index (κ3) is 6.84. The van der Waals surface area contributed by atoms with Crippen LogP contribution in [0.25, 0.3) is 0 Å². The molecule has 5 rings (SSSR count). The minimum Gasteiger partial charge on any atom is -0.466 e. The second-order valence-corrected chi connectivity index (χ2v) is 9.97. The first kappa shape index (κ1) is 27.7. The van der Waals surface area contributed by atoms with Gasteiger partial charge in [0.1, 0.15) is 11.6 Å². The van der Waals surface area contributed by atoms with Crippen LogP contribution in [0.15, 0.2) is 85.3 Å². The number of amides is 1. The second-order valence-electron chi connectivity index (χ2n) is 9.97. The molecule has 0 radical (unpaired) electrons. The number of halogens is 1. The first-order chi connectivity index (χ1) is 19.9. The van der Waals surface area contributed by atoms with E-state index in [1.807, 2.05) is 12.1 Å². The van der Waals surface area contributed by atoms with Crippen LogP contribution in [-0.4, -0.2) is 51.4 Å². The molecule has 1 amide bonds. The van der Waals surface area contributed by atoms with E-state index in [9.17, 15) is 14.0 Å². The lowest BCUT2D eigenvalue weighted by molar-refractivity contribution is -0.158. The average Bonchev–Trinajstić information content (AvgIpc) is 2.99. The number of hydrogen-bond donors (Lipinski definition) is 2. The molecule has 1 fully saturated rings. The summed E-state index contributed by atoms with van der Waals surface area (Å²) in [5.41, 5.74) is 2.04. The van der Waals surface area contributed by atoms with Crippen LogP contribution in [0.4, 0.5) is 27.5 Å². The summed E-state index contributed by atoms with van der Waals surface area (Å²) in [5, 5.41) is 6.25. The molecule has 2 aromatic heterocycles. The number of carbonyl (C=O) groups is 2. The number of esters is 1. The highest BCUT2D eigenvalue weighted by molar-refractivity contribution is 5.95. The number of nitrogens with zero attached hydrogens (tertiary/aromatic N) is 4. The summed E-state index contributed by atoms with van der Waals surface area (Å²) in [4.78, 5) is 41.3. The van der Waals surface area contributed by atoms with E-state index < -0.39 is 5.41 Å². The molecular weight excluding hydrogens is 523 g/mol. The molecular formula is C31H31FN6O3. The lowest BCUT2D eigenvalue weighted by Gasteiger charge is -2.41. The zero-order chi connectivity index (χ0) is 28.7. The minimum absolute atomic E-state index is 0.141. The van der Waals surface area contributed by atoms with Gasteiger partial charge in [-0.2, -0.15) is 4.98 Å². The number of aromatic nitrogens is 3. The highest BCUT2D eigenvalue weighted by atomic mass is 19.1. The molecule has 10 heteroatoms. The van der Waals surface area contributed by atoms with Crippen LogP contribution in [0, 0.1) is 11.2 Å². The molecule has 41 heavy (non-hydrogen) atoms. The number of piperidine rings is 1. The van der Waals surface area contributed by atoms with Gasteiger partial charge in [-0.1, -0.05) is 6.07 Å². The van der Waals surface area contributed by atoms with Crippen molar-refractivity contribution >= 4 is 35.0 Å². The van der Waals surface area contributed by atoms with Gasteiger partial charge in [-0.25, -0.2) is 9.37 Å². The van der Waals surface area contributed by atoms with Crippen LogP contribution < -0.4 is 10.6 Å². The Morgan fingerprint density at radius 1 is 1.00 bits per heavy atom. The Kier molecular flexibility index (Phi) is 8.47. The highest BCUT2D eigenvalue weighted by Gasteiger charge is 2.45. The molecule has 210 valence electrons. The van der Waals surface area contributed by atoms with Gasteiger partial charge in [-0.05, 0) is 92.4 Å². The SMILES string of the molecule is CCOC(=O)C1(Cc2cccnc2)CCCN(C(=O)c2ccc(Nc3nccc(Nc4ccc(F)cc4)n3)cc2)C1. The smallest absolute Gasteiger partial charge is 0.314 e. The number of nitrogens with one attached hydrogen (secondary N) is 2. The van der Waals surface area contributed by atoms with E-state index in [-0.39, 0.29) is 30.8 Å². The first-order valence-electron chi connectivity index (χ1n) is 13.5. The van der Waals surface area contributed by atoms with Crippen LogP contribution in [-0.2, 0) is 16.0 Å². The molecule has 9 nitrogen and oxygen atoms in total. The van der Waals surface area contributed by atoms with Crippen LogP contribution in [0.3, 0.4) is 0 Å². The summed E-state index contributed by atoms with van der Waals surface area (Å²) in [7, 11) is 0. The van der Waals surface area contributed by atoms with E-state index in [2.05, 4.69) is 25.6 Å². The van der Waals surface area contributed by atoms with Crippen LogP contribution in [0.2, 0.25) is 0 Å². The third-order valence-corrected chi connectivity index (χ3v) is 7.00. The Hall–Kier alpha value is -4.86. The largest absolute Gasteiger partial charge is 0.466 e. The van der Waals surface area contributed by atoms with Gasteiger partial charge in [0.2, 0.25) is 5.95 Å². The van der Waals surface area contributed by atoms with Gasteiger partial charge in [-0.15, -0.1) is 0 Å². The number of likely N-dealkylation sites (tertiary alicyclic amines) is 1. The zero-order valence-corrected chi connectivity index (χ0v) is 22.7. The molecule has 1 unspecified atom stereocenters. The predicted molar refractivity (Wildman–Crippen MR) is 154 cm³/mol. The molecule has 1 aliphatic rings. The summed E-state index contributed by atoms with van der Waals surface area (Å²) in [6.07, 6.45) is 6.86. The van der Waals surface area contributed by atoms with Gasteiger partial charge in [-0.3, -0.25) is 14.6 Å². The molecule has 1 atom stereocenters. The maximum absolute atomic E-state index is 13.5. The fraction of sp³-hybridized carbons (Fsp3) is 0.258. The predicted octanol–water partition coefficient (Wildman–Crippen LogP) is 5.53. The van der Waals surface area contributed by atoms with Crippen molar-refractivity contribution in [1.29, 1.82) is 0 Å². The second kappa shape index (κ2) is 12.5. The van der Waals surface area contributed by atoms with Crippen LogP contribution in [0.1, 0.15) is 35.7 Å². The van der Waals surface area contributed by atoms with E-state index in [1.54, 1.807) is 72.9 Å². The standard InChI is InChI=1S/C31H31FN6O3/c1-2-41-29(40)31(19-22-5-3-16-33-20-22)15-4-18-38(21-31)28(39)23-6-10-26(11-7-23)36-30-34-17-14-27(37-30)35-25-12-8-24(32)9-13-25/h3,5-14,16-17,20H,2,4,15,18-19,21H2,1H3,(H2,34,35,36,37). The Balaban J connectivity index is 1.26. The van der Waals surface area contributed by atoms with Crippen molar-refractivity contribution in [3.8, 4) is 0 Å². The third-order valence-electron chi connectivity index (χ3n) is 7.00. The van der Waals surface area contributed by atoms with Gasteiger partial charge in [0, 0.05) is 48.6 Å². The fourth-order valence-corrected chi connectivity index (χ4v) is 5.04. The molecule has 0 bridgehead atoms. The topological polar surface area (TPSA) is 109 Å². The highest BCUT2D eigenvalue weighted by Crippen LogP contribution is 2.36. The average molecular weight is 555 g/mol. The van der Waals surface area contributed by atoms with Crippen molar-refractivity contribution in [2.75, 3.05) is 30.3 Å². The molecule has 0 aliphatic carbocycles. The van der Waals surface area contributed by atoms with Gasteiger partial charge in [0.15, 0.2) is 0 Å². The number of rotatable bonds is 9. The van der Waals surface area contributed by atoms with E-state index in [4.69, 9.17) is 4.74 Å². The number of hydrogen-bond acceptors (Lipinski definition) is 8. The van der Waals surface area contributed by atoms with Crippen molar-refractivity contribution in [3.05, 3.63) is 102 Å². The Bertz CT molecular complexity index is 1480. The van der Waals surface area contributed by atoms with Gasteiger partial charge < -0.3 is 20.3 Å². The minimum atomic E-state index is -0.821. The summed E-state index contributed by atoms with van der Waals surface area (Å²) >= 11 is 0. The molecule has 0 spiro atoms. The lowest BCUT2D eigenvalue weighted by atomic mass is 9.75. The molecule has 2 N–H and O–H groups in total. The van der Waals surface area contributed by atoms with Gasteiger partial charge in [0.05, 0.1) is 12.0 Å². The summed E-state index contributed by atoms with van der Waals surface area (Å²) in [5.74, 6) is 0.171. The Morgan fingerprint density at radius 3 is 2.49 bits per heavy atom. The number of carbonyl (C=O) groups excluding carboxylic acids is 2. The van der Waals surface area contributed by atoms with Gasteiger partial charge >= 0.3 is 5.97 Å². The maximum Gasteiger partial charge on any atom is 0.314 e. The van der Waals surface area contributed by atoms with E-state index >= 15 is 0 Å². The number of anilines is 4. The Labute approximate surface area is 237 Å². The first-order valence-corrected chi connectivity index (χ1v) is 13.5. The normalized spacial score (nSPS) is 16.6. The lowest BCUT2D eigenvalue weighted by Crippen LogP contribution is -2.51. The molecule has 3 heterocycles. The van der Waals surface area contributed by atoms with Crippen molar-refractivity contribution in [2.45, 2.75) is 26.2 Å². The summed E-state index contributed by atoms with van der Waals surface area (Å²) in [6, 6.07) is 18.5. The van der Waals surface area contributed by atoms with E-state index in [0.717, 1.165) is 5.56 Å². The van der Waals surface area contributed by atoms with Crippen molar-refractivity contribution in [3.63, 3.8) is 0 Å². The fourth-order valence-electron chi connectivity index (χ4n) is 5.04. The number of ether oxygens (including phenoxy) is 1. The van der Waals surface area contributed by atoms with Crippen LogP contribution >= 0.6 is 0 Å². The van der Waals surface area contributed by atoms with Crippen molar-refractivity contribution in [2.24, 2.45) is 5.41 Å². The molecule has 2 aromatic carbocycles. The number of benzene rings is 2. The maximum atomic E-state index is 13.5. The quantitative estimate of drug-likeness (QED) is 0.260. The summed E-state index contributed by atoms with van der Waals surface area (Å²) in [6.45, 7) is 2.92. The molecule has 4 aromatic rings. The van der Waals surface area contributed by atoms with Crippen molar-refractivity contribution < 1.29 is 18.7 Å². The molecule has 0 saturated carbocycles. The van der Waals surface area contributed by atoms with Crippen LogP contribution in [0.5, 0.6) is 0 Å². The zero-order valence-electron chi connectivity index (χ0n) is 22.7. The van der Waals surface area contributed by atoms with E-state index in [1.165, 1.54) is 12.1 Å². The van der Waals surface area contributed by atoms with Gasteiger partial charge in [0.25, 0.3) is 5.91 Å². The number of pyridine rings is 1. The van der Waals surface area contributed by atoms with E-state index in [0.29, 0.717) is 54.5 Å². The molecule has 1 saturated heterocycles. The Morgan fingerprint density at radius 2 is 1.76 bits per heavy atom. The van der Waals surface area contributed by atoms with Crippen molar-refractivity contribution in [1.82, 2.24) is 19.9 Å². The summed E-state index contributed by atoms with van der Waals surface area (Å²) < 4.78 is 18.7.